The van der Waals surface area contributed by atoms with E-state index in [0.717, 1.165) is 30.5 Å². The highest BCUT2D eigenvalue weighted by molar-refractivity contribution is 5.80. The van der Waals surface area contributed by atoms with Crippen molar-refractivity contribution >= 4 is 12.0 Å². The minimum atomic E-state index is -0.656. The largest absolute Gasteiger partial charge is 0.450 e. The van der Waals surface area contributed by atoms with E-state index < -0.39 is 6.04 Å². The highest BCUT2D eigenvalue weighted by Crippen LogP contribution is 2.18. The van der Waals surface area contributed by atoms with Crippen LogP contribution in [0.1, 0.15) is 50.4 Å². The molecule has 1 saturated heterocycles. The van der Waals surface area contributed by atoms with Gasteiger partial charge in [-0.3, -0.25) is 9.59 Å². The number of fused-ring (bicyclic) bond motifs is 1. The van der Waals surface area contributed by atoms with Gasteiger partial charge >= 0.3 is 6.09 Å². The van der Waals surface area contributed by atoms with Gasteiger partial charge in [-0.05, 0) is 51.5 Å². The van der Waals surface area contributed by atoms with E-state index in [9.17, 15) is 14.4 Å². The van der Waals surface area contributed by atoms with Crippen LogP contribution in [0.5, 0.6) is 0 Å². The number of rotatable bonds is 4. The van der Waals surface area contributed by atoms with Gasteiger partial charge in [0, 0.05) is 25.2 Å². The monoisotopic (exact) mass is 362 g/mol. The first kappa shape index (κ1) is 18.4. The molecule has 2 amide bonds. The first-order valence-electron chi connectivity index (χ1n) is 9.33. The number of ether oxygens (including phenoxy) is 1. The van der Waals surface area contributed by atoms with Gasteiger partial charge in [-0.1, -0.05) is 0 Å². The minimum Gasteiger partial charge on any atom is -0.450 e. The molecular formula is C18H26N4O4. The first-order valence-corrected chi connectivity index (χ1v) is 9.33. The maximum atomic E-state index is 12.6. The molecular weight excluding hydrogens is 336 g/mol. The lowest BCUT2D eigenvalue weighted by molar-refractivity contribution is -0.125. The van der Waals surface area contributed by atoms with Gasteiger partial charge in [0.15, 0.2) is 0 Å². The summed E-state index contributed by atoms with van der Waals surface area (Å²) in [7, 11) is 0. The molecule has 8 nitrogen and oxygen atoms in total. The predicted octanol–water partition coefficient (Wildman–Crippen LogP) is 1.03. The van der Waals surface area contributed by atoms with Crippen molar-refractivity contribution in [2.45, 2.75) is 58.0 Å². The van der Waals surface area contributed by atoms with Crippen molar-refractivity contribution in [2.24, 2.45) is 0 Å². The molecule has 1 aliphatic carbocycles. The molecule has 142 valence electrons. The molecule has 0 bridgehead atoms. The van der Waals surface area contributed by atoms with E-state index in [0.29, 0.717) is 32.5 Å². The van der Waals surface area contributed by atoms with Crippen LogP contribution in [0, 0.1) is 0 Å². The van der Waals surface area contributed by atoms with Crippen molar-refractivity contribution in [2.75, 3.05) is 19.7 Å². The Morgan fingerprint density at radius 2 is 2.08 bits per heavy atom. The van der Waals surface area contributed by atoms with Crippen LogP contribution in [0.4, 0.5) is 4.79 Å². The van der Waals surface area contributed by atoms with Crippen LogP contribution < -0.4 is 10.9 Å². The summed E-state index contributed by atoms with van der Waals surface area (Å²) in [5.41, 5.74) is 1.70. The third kappa shape index (κ3) is 3.89. The second-order valence-electron chi connectivity index (χ2n) is 6.90. The molecule has 2 heterocycles. The summed E-state index contributed by atoms with van der Waals surface area (Å²) in [5.74, 6) is -0.216. The lowest BCUT2D eigenvalue weighted by Gasteiger charge is -2.32. The molecule has 0 spiro atoms. The fourth-order valence-electron chi connectivity index (χ4n) is 3.55. The molecule has 1 aromatic rings. The van der Waals surface area contributed by atoms with Crippen LogP contribution >= 0.6 is 0 Å². The van der Waals surface area contributed by atoms with Crippen LogP contribution in [0.2, 0.25) is 0 Å². The number of nitrogens with zero attached hydrogens (tertiary/aromatic N) is 3. The number of hydrogen-bond acceptors (Lipinski definition) is 5. The van der Waals surface area contributed by atoms with Crippen molar-refractivity contribution in [1.82, 2.24) is 20.0 Å². The van der Waals surface area contributed by atoms with E-state index in [1.54, 1.807) is 24.8 Å². The van der Waals surface area contributed by atoms with Crippen molar-refractivity contribution in [1.29, 1.82) is 0 Å². The summed E-state index contributed by atoms with van der Waals surface area (Å²) in [5, 5.41) is 7.38. The molecule has 1 aromatic heterocycles. The summed E-state index contributed by atoms with van der Waals surface area (Å²) in [6.07, 6.45) is 3.78. The van der Waals surface area contributed by atoms with Crippen LogP contribution in [0.3, 0.4) is 0 Å². The zero-order chi connectivity index (χ0) is 18.7. The first-order chi connectivity index (χ1) is 12.5. The van der Waals surface area contributed by atoms with Gasteiger partial charge in [-0.2, -0.15) is 5.10 Å². The molecule has 0 aromatic carbocycles. The van der Waals surface area contributed by atoms with Crippen LogP contribution in [-0.2, 0) is 22.4 Å². The van der Waals surface area contributed by atoms with Gasteiger partial charge < -0.3 is 15.0 Å². The molecule has 26 heavy (non-hydrogen) atoms. The van der Waals surface area contributed by atoms with E-state index in [2.05, 4.69) is 10.4 Å². The van der Waals surface area contributed by atoms with E-state index in [1.807, 2.05) is 0 Å². The fourth-order valence-corrected chi connectivity index (χ4v) is 3.55. The van der Waals surface area contributed by atoms with Crippen LogP contribution in [0.15, 0.2) is 10.9 Å². The summed E-state index contributed by atoms with van der Waals surface area (Å²) in [6, 6.07) is 0.939. The Hall–Kier alpha value is -2.38. The maximum Gasteiger partial charge on any atom is 0.409 e. The SMILES string of the molecule is CCOC(=O)N1CCC(NC(=O)C(C)n2nc3c(cc2=O)CCC3)CC1. The quantitative estimate of drug-likeness (QED) is 0.863. The number of aryl methyl sites for hydroxylation is 2. The van der Waals surface area contributed by atoms with E-state index in [-0.39, 0.29) is 23.6 Å². The highest BCUT2D eigenvalue weighted by Gasteiger charge is 2.27. The van der Waals surface area contributed by atoms with Crippen molar-refractivity contribution in [3.63, 3.8) is 0 Å². The molecule has 1 N–H and O–H groups in total. The highest BCUT2D eigenvalue weighted by atomic mass is 16.6. The summed E-state index contributed by atoms with van der Waals surface area (Å²) < 4.78 is 6.28. The Morgan fingerprint density at radius 1 is 1.35 bits per heavy atom. The fraction of sp³-hybridized carbons (Fsp3) is 0.667. The number of hydrogen-bond donors (Lipinski definition) is 1. The molecule has 1 unspecified atom stereocenters. The van der Waals surface area contributed by atoms with E-state index >= 15 is 0 Å². The van der Waals surface area contributed by atoms with Crippen molar-refractivity contribution < 1.29 is 14.3 Å². The lowest BCUT2D eigenvalue weighted by Crippen LogP contribution is -2.48. The van der Waals surface area contributed by atoms with Gasteiger partial charge in [0.05, 0.1) is 12.3 Å². The predicted molar refractivity (Wildman–Crippen MR) is 95.0 cm³/mol. The Bertz CT molecular complexity index is 737. The van der Waals surface area contributed by atoms with Crippen molar-refractivity contribution in [3.05, 3.63) is 27.7 Å². The van der Waals surface area contributed by atoms with Gasteiger partial charge in [0.25, 0.3) is 5.56 Å². The summed E-state index contributed by atoms with van der Waals surface area (Å²) in [4.78, 5) is 38.2. The Kier molecular flexibility index (Phi) is 5.58. The Labute approximate surface area is 152 Å². The van der Waals surface area contributed by atoms with Crippen LogP contribution in [-0.4, -0.2) is 52.4 Å². The molecule has 1 atom stereocenters. The third-order valence-corrected chi connectivity index (χ3v) is 5.10. The average molecular weight is 362 g/mol. The third-order valence-electron chi connectivity index (χ3n) is 5.10. The van der Waals surface area contributed by atoms with Gasteiger partial charge in [-0.25, -0.2) is 9.48 Å². The van der Waals surface area contributed by atoms with Crippen molar-refractivity contribution in [3.8, 4) is 0 Å². The molecule has 1 aliphatic heterocycles. The topological polar surface area (TPSA) is 93.5 Å². The smallest absolute Gasteiger partial charge is 0.409 e. The number of nitrogens with one attached hydrogen (secondary N) is 1. The zero-order valence-electron chi connectivity index (χ0n) is 15.4. The second-order valence-corrected chi connectivity index (χ2v) is 6.90. The zero-order valence-corrected chi connectivity index (χ0v) is 15.4. The average Bonchev–Trinajstić information content (AvgIpc) is 3.08. The molecule has 8 heteroatoms. The lowest BCUT2D eigenvalue weighted by atomic mass is 10.0. The normalized spacial score (nSPS) is 18.3. The van der Waals surface area contributed by atoms with Gasteiger partial charge in [0.2, 0.25) is 5.91 Å². The number of piperidine rings is 1. The molecule has 3 rings (SSSR count). The standard InChI is InChI=1S/C18H26N4O4/c1-3-26-18(25)21-9-7-14(8-10-21)19-17(24)12(2)22-16(23)11-13-5-4-6-15(13)20-22/h11-12,14H,3-10H2,1-2H3,(H,19,24). The number of carbonyl (C=O) groups is 2. The van der Waals surface area contributed by atoms with Gasteiger partial charge in [0.1, 0.15) is 6.04 Å². The number of aromatic nitrogens is 2. The minimum absolute atomic E-state index is 0.0132. The second kappa shape index (κ2) is 7.88. The van der Waals surface area contributed by atoms with Gasteiger partial charge in [-0.15, -0.1) is 0 Å². The summed E-state index contributed by atoms with van der Waals surface area (Å²) >= 11 is 0. The number of likely N-dealkylation sites (tertiary alicyclic amines) is 1. The molecule has 1 fully saturated rings. The summed E-state index contributed by atoms with van der Waals surface area (Å²) in [6.45, 7) is 4.93. The van der Waals surface area contributed by atoms with Crippen LogP contribution in [0.25, 0.3) is 0 Å². The molecule has 0 radical (unpaired) electrons. The Morgan fingerprint density at radius 3 is 2.77 bits per heavy atom. The number of amides is 2. The Balaban J connectivity index is 1.57. The molecule has 2 aliphatic rings. The maximum absolute atomic E-state index is 12.6. The van der Waals surface area contributed by atoms with E-state index in [4.69, 9.17) is 4.74 Å². The van der Waals surface area contributed by atoms with E-state index in [1.165, 1.54) is 4.68 Å². The number of carbonyl (C=O) groups excluding carboxylic acids is 2. The molecule has 0 saturated carbocycles.